The van der Waals surface area contributed by atoms with Gasteiger partial charge in [-0.3, -0.25) is 0 Å². The zero-order valence-electron chi connectivity index (χ0n) is 8.33. The van der Waals surface area contributed by atoms with Gasteiger partial charge in [-0.1, -0.05) is 12.1 Å². The molecule has 0 bridgehead atoms. The summed E-state index contributed by atoms with van der Waals surface area (Å²) in [5, 5.41) is 8.68. The lowest BCUT2D eigenvalue weighted by atomic mass is 10.0. The molecule has 0 saturated carbocycles. The zero-order chi connectivity index (χ0) is 9.80. The van der Waals surface area contributed by atoms with E-state index in [1.165, 1.54) is 11.1 Å². The van der Waals surface area contributed by atoms with Gasteiger partial charge in [0.05, 0.1) is 6.61 Å². The molecule has 0 aliphatic carbocycles. The maximum absolute atomic E-state index is 8.68. The maximum Gasteiger partial charge on any atom is 0.122 e. The Hall–Kier alpha value is -1.02. The number of ether oxygens (including phenoxy) is 1. The molecule has 0 atom stereocenters. The quantitative estimate of drug-likeness (QED) is 0.739. The van der Waals surface area contributed by atoms with Gasteiger partial charge in [-0.15, -0.1) is 0 Å². The van der Waals surface area contributed by atoms with Crippen LogP contribution in [0.3, 0.4) is 0 Å². The molecular weight excluding hydrogens is 176 g/mol. The Bertz CT molecular complexity index is 307. The second-order valence-corrected chi connectivity index (χ2v) is 3.72. The average Bonchev–Trinajstić information content (AvgIpc) is 2.65. The predicted molar refractivity (Wildman–Crippen MR) is 55.7 cm³/mol. The predicted octanol–water partition coefficient (Wildman–Crippen LogP) is 1.94. The van der Waals surface area contributed by atoms with Gasteiger partial charge in [-0.05, 0) is 36.5 Å². The third kappa shape index (κ3) is 2.07. The summed E-state index contributed by atoms with van der Waals surface area (Å²) in [6, 6.07) is 6.43. The van der Waals surface area contributed by atoms with Crippen molar-refractivity contribution in [3.05, 3.63) is 29.3 Å². The van der Waals surface area contributed by atoms with Crippen molar-refractivity contribution in [2.45, 2.75) is 25.7 Å². The van der Waals surface area contributed by atoms with Crippen molar-refractivity contribution in [1.29, 1.82) is 0 Å². The van der Waals surface area contributed by atoms with Crippen LogP contribution in [0.2, 0.25) is 0 Å². The molecule has 1 N–H and O–H groups in total. The van der Waals surface area contributed by atoms with Gasteiger partial charge in [0.25, 0.3) is 0 Å². The summed E-state index contributed by atoms with van der Waals surface area (Å²) in [5.74, 6) is 1.05. The van der Waals surface area contributed by atoms with E-state index in [0.29, 0.717) is 6.61 Å². The highest BCUT2D eigenvalue weighted by Gasteiger charge is 2.11. The van der Waals surface area contributed by atoms with E-state index in [2.05, 4.69) is 18.2 Å². The summed E-state index contributed by atoms with van der Waals surface area (Å²) in [4.78, 5) is 0. The second kappa shape index (κ2) is 4.47. The van der Waals surface area contributed by atoms with Crippen LogP contribution in [-0.4, -0.2) is 18.3 Å². The Labute approximate surface area is 84.5 Å². The topological polar surface area (TPSA) is 29.5 Å². The van der Waals surface area contributed by atoms with Crippen LogP contribution < -0.4 is 4.74 Å². The van der Waals surface area contributed by atoms with Crippen molar-refractivity contribution in [1.82, 2.24) is 0 Å². The van der Waals surface area contributed by atoms with Gasteiger partial charge in [0, 0.05) is 13.0 Å². The summed E-state index contributed by atoms with van der Waals surface area (Å²) in [6.45, 7) is 1.13. The lowest BCUT2D eigenvalue weighted by Crippen LogP contribution is -1.89. The summed E-state index contributed by atoms with van der Waals surface area (Å²) >= 11 is 0. The van der Waals surface area contributed by atoms with Gasteiger partial charge >= 0.3 is 0 Å². The lowest BCUT2D eigenvalue weighted by Gasteiger charge is -2.03. The van der Waals surface area contributed by atoms with Crippen LogP contribution in [-0.2, 0) is 12.8 Å². The monoisotopic (exact) mass is 192 g/mol. The van der Waals surface area contributed by atoms with E-state index in [1.54, 1.807) is 0 Å². The first-order chi connectivity index (χ1) is 6.90. The molecule has 76 valence electrons. The number of benzene rings is 1. The van der Waals surface area contributed by atoms with Gasteiger partial charge < -0.3 is 9.84 Å². The summed E-state index contributed by atoms with van der Waals surface area (Å²) in [7, 11) is 0. The molecule has 1 heterocycles. The number of aliphatic hydroxyl groups is 1. The molecule has 2 rings (SSSR count). The molecule has 1 aliphatic heterocycles. The number of unbranched alkanes of at least 4 members (excludes halogenated alkanes) is 1. The van der Waals surface area contributed by atoms with Crippen molar-refractivity contribution in [3.8, 4) is 5.75 Å². The Balaban J connectivity index is 1.98. The molecular formula is C12H16O2. The number of fused-ring (bicyclic) bond motifs is 1. The first-order valence-corrected chi connectivity index (χ1v) is 5.25. The highest BCUT2D eigenvalue weighted by molar-refractivity contribution is 5.39. The molecule has 0 aromatic heterocycles. The Morgan fingerprint density at radius 1 is 1.29 bits per heavy atom. The third-order valence-corrected chi connectivity index (χ3v) is 2.63. The molecule has 1 aromatic carbocycles. The fourth-order valence-electron chi connectivity index (χ4n) is 1.84. The molecule has 0 fully saturated rings. The van der Waals surface area contributed by atoms with Crippen LogP contribution in [0.4, 0.5) is 0 Å². The molecule has 0 saturated heterocycles. The largest absolute Gasteiger partial charge is 0.493 e. The van der Waals surface area contributed by atoms with Crippen LogP contribution in [0.1, 0.15) is 24.0 Å². The smallest absolute Gasteiger partial charge is 0.122 e. The van der Waals surface area contributed by atoms with Crippen molar-refractivity contribution in [3.63, 3.8) is 0 Å². The molecule has 2 nitrogen and oxygen atoms in total. The average molecular weight is 192 g/mol. The number of aliphatic hydroxyl groups excluding tert-OH is 1. The van der Waals surface area contributed by atoms with Crippen molar-refractivity contribution in [2.24, 2.45) is 0 Å². The number of hydrogen-bond donors (Lipinski definition) is 1. The standard InChI is InChI=1S/C12H16O2/c13-7-2-1-3-10-4-5-12-11(9-10)6-8-14-12/h4-5,9,13H,1-3,6-8H2. The van der Waals surface area contributed by atoms with Crippen molar-refractivity contribution >= 4 is 0 Å². The molecule has 0 amide bonds. The first kappa shape index (κ1) is 9.53. The summed E-state index contributed by atoms with van der Waals surface area (Å²) in [5.41, 5.74) is 2.70. The minimum Gasteiger partial charge on any atom is -0.493 e. The highest BCUT2D eigenvalue weighted by atomic mass is 16.5. The number of hydrogen-bond acceptors (Lipinski definition) is 2. The van der Waals surface area contributed by atoms with Crippen LogP contribution in [0, 0.1) is 0 Å². The molecule has 1 aliphatic rings. The van der Waals surface area contributed by atoms with Crippen LogP contribution in [0.25, 0.3) is 0 Å². The zero-order valence-corrected chi connectivity index (χ0v) is 8.33. The van der Waals surface area contributed by atoms with E-state index >= 15 is 0 Å². The Morgan fingerprint density at radius 3 is 3.07 bits per heavy atom. The molecule has 0 spiro atoms. The fraction of sp³-hybridized carbons (Fsp3) is 0.500. The van der Waals surface area contributed by atoms with Gasteiger partial charge in [0.1, 0.15) is 5.75 Å². The van der Waals surface area contributed by atoms with Crippen molar-refractivity contribution in [2.75, 3.05) is 13.2 Å². The van der Waals surface area contributed by atoms with E-state index in [4.69, 9.17) is 9.84 Å². The lowest BCUT2D eigenvalue weighted by molar-refractivity contribution is 0.284. The third-order valence-electron chi connectivity index (χ3n) is 2.63. The summed E-state index contributed by atoms with van der Waals surface area (Å²) in [6.07, 6.45) is 4.07. The molecule has 0 unspecified atom stereocenters. The number of aryl methyl sites for hydroxylation is 1. The van der Waals surface area contributed by atoms with Crippen LogP contribution in [0.5, 0.6) is 5.75 Å². The van der Waals surface area contributed by atoms with Crippen molar-refractivity contribution < 1.29 is 9.84 Å². The Morgan fingerprint density at radius 2 is 2.21 bits per heavy atom. The molecule has 14 heavy (non-hydrogen) atoms. The Kier molecular flexibility index (Phi) is 3.04. The highest BCUT2D eigenvalue weighted by Crippen LogP contribution is 2.26. The first-order valence-electron chi connectivity index (χ1n) is 5.25. The number of rotatable bonds is 4. The summed E-state index contributed by atoms with van der Waals surface area (Å²) < 4.78 is 5.44. The second-order valence-electron chi connectivity index (χ2n) is 3.72. The van der Waals surface area contributed by atoms with Crippen LogP contribution in [0.15, 0.2) is 18.2 Å². The molecule has 0 radical (unpaired) electrons. The van der Waals surface area contributed by atoms with E-state index in [1.807, 2.05) is 0 Å². The minimum absolute atomic E-state index is 0.300. The van der Waals surface area contributed by atoms with E-state index in [0.717, 1.165) is 38.0 Å². The fourth-order valence-corrected chi connectivity index (χ4v) is 1.84. The molecule has 1 aromatic rings. The normalized spacial score (nSPS) is 13.8. The SMILES string of the molecule is OCCCCc1ccc2c(c1)CCO2. The van der Waals surface area contributed by atoms with Gasteiger partial charge in [-0.25, -0.2) is 0 Å². The van der Waals surface area contributed by atoms with Crippen LogP contribution >= 0.6 is 0 Å². The molecule has 2 heteroatoms. The van der Waals surface area contributed by atoms with Gasteiger partial charge in [-0.2, -0.15) is 0 Å². The van der Waals surface area contributed by atoms with E-state index in [-0.39, 0.29) is 0 Å². The van der Waals surface area contributed by atoms with Gasteiger partial charge in [0.2, 0.25) is 0 Å². The maximum atomic E-state index is 8.68. The van der Waals surface area contributed by atoms with E-state index < -0.39 is 0 Å². The minimum atomic E-state index is 0.300. The van der Waals surface area contributed by atoms with E-state index in [9.17, 15) is 0 Å². The van der Waals surface area contributed by atoms with Gasteiger partial charge in [0.15, 0.2) is 0 Å².